The smallest absolute Gasteiger partial charge is 0.341 e. The van der Waals surface area contributed by atoms with E-state index in [0.29, 0.717) is 56.1 Å². The van der Waals surface area contributed by atoms with Crippen LogP contribution >= 0.6 is 11.8 Å². The van der Waals surface area contributed by atoms with Crippen molar-refractivity contribution in [1.82, 2.24) is 19.2 Å². The molecule has 5 rings (SSSR count). The van der Waals surface area contributed by atoms with Crippen molar-refractivity contribution in [2.45, 2.75) is 24.8 Å². The van der Waals surface area contributed by atoms with E-state index in [9.17, 15) is 9.59 Å². The van der Waals surface area contributed by atoms with Gasteiger partial charge in [0.25, 0.3) is 5.56 Å². The van der Waals surface area contributed by atoms with E-state index in [1.165, 1.54) is 23.4 Å². The van der Waals surface area contributed by atoms with E-state index in [1.807, 2.05) is 47.7 Å². The first-order chi connectivity index (χ1) is 16.9. The summed E-state index contributed by atoms with van der Waals surface area (Å²) in [4.78, 5) is 25.5. The first kappa shape index (κ1) is 22.7. The van der Waals surface area contributed by atoms with Gasteiger partial charge < -0.3 is 13.9 Å². The first-order valence-electron chi connectivity index (χ1n) is 10.8. The number of ether oxygens (including phenoxy) is 2. The van der Waals surface area contributed by atoms with Gasteiger partial charge in [-0.3, -0.25) is 9.20 Å². The molecule has 0 bridgehead atoms. The lowest BCUT2D eigenvalue weighted by atomic mass is 10.2. The summed E-state index contributed by atoms with van der Waals surface area (Å²) in [5, 5.41) is 9.87. The Bertz CT molecular complexity index is 1650. The molecule has 9 nitrogen and oxygen atoms in total. The predicted molar refractivity (Wildman–Crippen MR) is 132 cm³/mol. The van der Waals surface area contributed by atoms with Gasteiger partial charge in [-0.15, -0.1) is 10.2 Å². The molecule has 0 N–H and O–H groups in total. The number of methoxy groups -OCH3 is 2. The highest BCUT2D eigenvalue weighted by atomic mass is 32.2. The van der Waals surface area contributed by atoms with Crippen LogP contribution in [-0.4, -0.2) is 39.4 Å². The molecule has 0 unspecified atom stereocenters. The number of esters is 1. The molecule has 0 saturated heterocycles. The maximum absolute atomic E-state index is 13.6. The van der Waals surface area contributed by atoms with Crippen LogP contribution in [0.2, 0.25) is 0 Å². The van der Waals surface area contributed by atoms with Crippen molar-refractivity contribution in [3.8, 4) is 11.4 Å². The third kappa shape index (κ3) is 3.85. The van der Waals surface area contributed by atoms with Gasteiger partial charge >= 0.3 is 5.97 Å². The highest BCUT2D eigenvalue weighted by molar-refractivity contribution is 7.98. The number of carbonyl (C=O) groups excluding carboxylic acids is 1. The Balaban J connectivity index is 1.67. The zero-order chi connectivity index (χ0) is 24.7. The fourth-order valence-electron chi connectivity index (χ4n) is 4.03. The number of furan rings is 1. The summed E-state index contributed by atoms with van der Waals surface area (Å²) in [6, 6.07) is 14.6. The molecule has 0 aliphatic heterocycles. The number of carbonyl (C=O) groups is 1. The van der Waals surface area contributed by atoms with Gasteiger partial charge in [0.2, 0.25) is 5.78 Å². The quantitative estimate of drug-likeness (QED) is 0.256. The Hall–Kier alpha value is -4.05. The van der Waals surface area contributed by atoms with Crippen LogP contribution in [0, 0.1) is 13.8 Å². The fourth-order valence-corrected chi connectivity index (χ4v) is 4.85. The lowest BCUT2D eigenvalue weighted by Crippen LogP contribution is -2.22. The van der Waals surface area contributed by atoms with Crippen molar-refractivity contribution in [3.63, 3.8) is 0 Å². The van der Waals surface area contributed by atoms with Crippen molar-refractivity contribution >= 4 is 34.4 Å². The van der Waals surface area contributed by atoms with E-state index in [4.69, 9.17) is 13.9 Å². The van der Waals surface area contributed by atoms with Crippen molar-refractivity contribution in [2.24, 2.45) is 0 Å². The molecule has 3 heterocycles. The molecule has 0 fully saturated rings. The second-order valence-corrected chi connectivity index (χ2v) is 8.86. The van der Waals surface area contributed by atoms with E-state index in [1.54, 1.807) is 26.2 Å². The van der Waals surface area contributed by atoms with Gasteiger partial charge in [-0.2, -0.15) is 0 Å². The zero-order valence-corrected chi connectivity index (χ0v) is 20.4. The summed E-state index contributed by atoms with van der Waals surface area (Å²) < 4.78 is 19.5. The van der Waals surface area contributed by atoms with E-state index in [0.717, 1.165) is 5.56 Å². The molecule has 0 spiro atoms. The van der Waals surface area contributed by atoms with Gasteiger partial charge in [0.15, 0.2) is 5.16 Å². The predicted octanol–water partition coefficient (Wildman–Crippen LogP) is 4.33. The second kappa shape index (κ2) is 8.95. The molecule has 3 aromatic heterocycles. The minimum Gasteiger partial charge on any atom is -0.495 e. The van der Waals surface area contributed by atoms with Gasteiger partial charge in [0, 0.05) is 0 Å². The van der Waals surface area contributed by atoms with Crippen LogP contribution in [0.15, 0.2) is 62.9 Å². The van der Waals surface area contributed by atoms with Gasteiger partial charge in [0.05, 0.1) is 36.6 Å². The lowest BCUT2D eigenvalue weighted by Gasteiger charge is -2.14. The maximum Gasteiger partial charge on any atom is 0.341 e. The number of hydrogen-bond acceptors (Lipinski definition) is 8. The van der Waals surface area contributed by atoms with Crippen LogP contribution in [0.1, 0.15) is 27.4 Å². The lowest BCUT2D eigenvalue weighted by molar-refractivity contribution is 0.0599. The van der Waals surface area contributed by atoms with Crippen LogP contribution < -0.4 is 10.3 Å². The number of aryl methyl sites for hydroxylation is 2. The molecule has 0 saturated carbocycles. The summed E-state index contributed by atoms with van der Waals surface area (Å²) >= 11 is 1.39. The van der Waals surface area contributed by atoms with Gasteiger partial charge in [-0.05, 0) is 49.7 Å². The van der Waals surface area contributed by atoms with Gasteiger partial charge in [0.1, 0.15) is 22.8 Å². The van der Waals surface area contributed by atoms with Crippen LogP contribution in [-0.2, 0) is 10.5 Å². The van der Waals surface area contributed by atoms with Crippen LogP contribution in [0.3, 0.4) is 0 Å². The molecule has 5 aromatic rings. The molecule has 0 atom stereocenters. The first-order valence-corrected chi connectivity index (χ1v) is 11.8. The molecule has 2 aromatic carbocycles. The number of thioether (sulfide) groups is 1. The number of para-hydroxylation sites is 1. The summed E-state index contributed by atoms with van der Waals surface area (Å²) in [6.07, 6.45) is 0. The molecule has 35 heavy (non-hydrogen) atoms. The Morgan fingerprint density at radius 1 is 1.09 bits per heavy atom. The molecular weight excluding hydrogens is 468 g/mol. The zero-order valence-electron chi connectivity index (χ0n) is 19.6. The summed E-state index contributed by atoms with van der Waals surface area (Å²) in [5.74, 6) is 1.96. The van der Waals surface area contributed by atoms with Gasteiger partial charge in [-0.1, -0.05) is 30.0 Å². The van der Waals surface area contributed by atoms with Crippen molar-refractivity contribution in [3.05, 3.63) is 81.5 Å². The molecule has 0 aliphatic rings. The Morgan fingerprint density at radius 2 is 1.89 bits per heavy atom. The highest BCUT2D eigenvalue weighted by Gasteiger charge is 2.21. The minimum absolute atomic E-state index is 0.217. The van der Waals surface area contributed by atoms with Crippen molar-refractivity contribution in [2.75, 3.05) is 14.2 Å². The fraction of sp³-hybridized carbons (Fsp3) is 0.200. The molecule has 10 heteroatoms. The summed E-state index contributed by atoms with van der Waals surface area (Å²) in [5.41, 5.74) is 2.42. The van der Waals surface area contributed by atoms with Crippen LogP contribution in [0.25, 0.3) is 22.4 Å². The van der Waals surface area contributed by atoms with Crippen LogP contribution in [0.4, 0.5) is 0 Å². The molecule has 0 aliphatic carbocycles. The second-order valence-electron chi connectivity index (χ2n) is 7.91. The normalized spacial score (nSPS) is 11.3. The Morgan fingerprint density at radius 3 is 2.66 bits per heavy atom. The topological polar surface area (TPSA) is 101 Å². The number of benzene rings is 2. The largest absolute Gasteiger partial charge is 0.495 e. The Kier molecular flexibility index (Phi) is 5.81. The Labute approximate surface area is 204 Å². The van der Waals surface area contributed by atoms with Crippen LogP contribution in [0.5, 0.6) is 5.75 Å². The van der Waals surface area contributed by atoms with E-state index in [-0.39, 0.29) is 5.56 Å². The van der Waals surface area contributed by atoms with E-state index in [2.05, 4.69) is 10.2 Å². The minimum atomic E-state index is -0.447. The number of hydrogen-bond donors (Lipinski definition) is 0. The summed E-state index contributed by atoms with van der Waals surface area (Å²) in [6.45, 7) is 3.67. The molecule has 178 valence electrons. The summed E-state index contributed by atoms with van der Waals surface area (Å²) in [7, 11) is 2.90. The average molecular weight is 491 g/mol. The van der Waals surface area contributed by atoms with Crippen molar-refractivity contribution < 1.29 is 18.7 Å². The number of aromatic nitrogens is 4. The number of rotatable bonds is 6. The van der Waals surface area contributed by atoms with E-state index >= 15 is 0 Å². The molecule has 0 amide bonds. The maximum atomic E-state index is 13.6. The van der Waals surface area contributed by atoms with E-state index < -0.39 is 5.97 Å². The standard InChI is InChI=1S/C25H22N4O5S/c1-14-9-10-21(32-3)20(11-14)28-22(30)17-7-5-6-8-19(17)29-24(28)26-27-25(29)35-13-16-12-18(15(2)34-16)23(31)33-4/h5-12H,13H2,1-4H3. The average Bonchev–Trinajstić information content (AvgIpc) is 3.46. The third-order valence-electron chi connectivity index (χ3n) is 5.69. The number of nitrogens with zero attached hydrogens (tertiary/aromatic N) is 4. The molecule has 0 radical (unpaired) electrons. The monoisotopic (exact) mass is 490 g/mol. The SMILES string of the molecule is COC(=O)c1cc(CSc2nnc3n(-c4cc(C)ccc4OC)c(=O)c4ccccc4n23)oc1C. The van der Waals surface area contributed by atoms with Gasteiger partial charge in [-0.25, -0.2) is 9.36 Å². The number of fused-ring (bicyclic) bond motifs is 3. The highest BCUT2D eigenvalue weighted by Crippen LogP contribution is 2.30. The third-order valence-corrected chi connectivity index (χ3v) is 6.64. The van der Waals surface area contributed by atoms with Crippen molar-refractivity contribution in [1.29, 1.82) is 0 Å². The molecular formula is C25H22N4O5S.